The van der Waals surface area contributed by atoms with Crippen LogP contribution < -0.4 is 19.1 Å². The van der Waals surface area contributed by atoms with Gasteiger partial charge in [-0.25, -0.2) is 0 Å². The average molecular weight is 544 g/mol. The summed E-state index contributed by atoms with van der Waals surface area (Å²) in [5.41, 5.74) is 1.12. The topological polar surface area (TPSA) is 115 Å². The number of nitro groups is 1. The van der Waals surface area contributed by atoms with E-state index in [2.05, 4.69) is 14.8 Å². The molecule has 0 spiro atoms. The molecule has 1 fully saturated rings. The molecule has 5 rings (SSSR count). The number of aryl methyl sites for hydroxylation is 1. The number of hydrogen-bond acceptors (Lipinski definition) is 9. The van der Waals surface area contributed by atoms with Gasteiger partial charge in [-0.05, 0) is 53.5 Å². The molecule has 2 atom stereocenters. The smallest absolute Gasteiger partial charge is 0.414 e. The van der Waals surface area contributed by atoms with Crippen LogP contribution in [0, 0.1) is 10.1 Å². The predicted molar refractivity (Wildman–Crippen MR) is 141 cm³/mol. The molecule has 3 aromatic rings. The van der Waals surface area contributed by atoms with E-state index in [0.717, 1.165) is 37.6 Å². The molecule has 0 amide bonds. The number of aliphatic hydroxyl groups excluding tert-OH is 1. The number of imidazole rings is 1. The SMILES string of the molecule is O=[N+]([O-])c1cn2c(n1)OC(COc1ccc(N3CCN(CC(O)COc4ccc(Cl)cc4)CC3)cc1)CC2. The molecule has 0 radical (unpaired) electrons. The van der Waals surface area contributed by atoms with Crippen molar-refractivity contribution < 1.29 is 24.2 Å². The zero-order valence-corrected chi connectivity index (χ0v) is 21.6. The second-order valence-corrected chi connectivity index (χ2v) is 9.81. The number of nitrogens with zero attached hydrogens (tertiary/aromatic N) is 5. The first kappa shape index (κ1) is 26.1. The molecule has 1 saturated heterocycles. The van der Waals surface area contributed by atoms with Crippen LogP contribution in [0.1, 0.15) is 6.42 Å². The fourth-order valence-electron chi connectivity index (χ4n) is 4.54. The van der Waals surface area contributed by atoms with Gasteiger partial charge in [0.1, 0.15) is 43.1 Å². The Kier molecular flexibility index (Phi) is 8.16. The molecule has 12 heteroatoms. The summed E-state index contributed by atoms with van der Waals surface area (Å²) in [5, 5.41) is 22.0. The summed E-state index contributed by atoms with van der Waals surface area (Å²) in [6.07, 6.45) is 1.29. The van der Waals surface area contributed by atoms with E-state index in [-0.39, 0.29) is 24.5 Å². The third-order valence-corrected chi connectivity index (χ3v) is 6.87. The zero-order valence-electron chi connectivity index (χ0n) is 20.8. The van der Waals surface area contributed by atoms with Crippen molar-refractivity contribution in [3.8, 4) is 17.5 Å². The summed E-state index contributed by atoms with van der Waals surface area (Å²) in [5.74, 6) is 1.22. The second kappa shape index (κ2) is 11.9. The average Bonchev–Trinajstić information content (AvgIpc) is 3.36. The number of fused-ring (bicyclic) bond motifs is 1. The molecule has 202 valence electrons. The van der Waals surface area contributed by atoms with Crippen molar-refractivity contribution in [3.63, 3.8) is 0 Å². The van der Waals surface area contributed by atoms with Crippen LogP contribution in [0.5, 0.6) is 17.5 Å². The molecular formula is C26H30ClN5O6. The quantitative estimate of drug-likeness (QED) is 0.304. The van der Waals surface area contributed by atoms with Crippen molar-refractivity contribution >= 4 is 23.1 Å². The number of ether oxygens (including phenoxy) is 3. The molecule has 1 N–H and O–H groups in total. The Bertz CT molecular complexity index is 1210. The van der Waals surface area contributed by atoms with E-state index < -0.39 is 11.0 Å². The number of β-amino-alcohol motifs (C(OH)–C–C–N with tert-alkyl or cyclic N) is 1. The summed E-state index contributed by atoms with van der Waals surface area (Å²) in [6, 6.07) is 15.3. The van der Waals surface area contributed by atoms with Crippen LogP contribution in [0.4, 0.5) is 11.5 Å². The molecule has 2 unspecified atom stereocenters. The lowest BCUT2D eigenvalue weighted by atomic mass is 10.2. The summed E-state index contributed by atoms with van der Waals surface area (Å²) >= 11 is 5.89. The monoisotopic (exact) mass is 543 g/mol. The third-order valence-electron chi connectivity index (χ3n) is 6.61. The first-order chi connectivity index (χ1) is 18.4. The lowest BCUT2D eigenvalue weighted by molar-refractivity contribution is -0.389. The molecule has 2 aromatic carbocycles. The number of aliphatic hydroxyl groups is 1. The van der Waals surface area contributed by atoms with Gasteiger partial charge in [-0.1, -0.05) is 11.6 Å². The second-order valence-electron chi connectivity index (χ2n) is 9.37. The lowest BCUT2D eigenvalue weighted by Crippen LogP contribution is -2.49. The zero-order chi connectivity index (χ0) is 26.5. The van der Waals surface area contributed by atoms with Gasteiger partial charge < -0.3 is 34.3 Å². The first-order valence-corrected chi connectivity index (χ1v) is 13.0. The van der Waals surface area contributed by atoms with E-state index in [0.29, 0.717) is 36.9 Å². The van der Waals surface area contributed by atoms with Gasteiger partial charge >= 0.3 is 11.8 Å². The molecule has 38 heavy (non-hydrogen) atoms. The fourth-order valence-corrected chi connectivity index (χ4v) is 4.67. The Morgan fingerprint density at radius 1 is 1.05 bits per heavy atom. The van der Waals surface area contributed by atoms with Crippen LogP contribution in [-0.2, 0) is 6.54 Å². The molecular weight excluding hydrogens is 514 g/mol. The van der Waals surface area contributed by atoms with Gasteiger partial charge in [0.25, 0.3) is 0 Å². The van der Waals surface area contributed by atoms with Gasteiger partial charge in [0.2, 0.25) is 0 Å². The number of aromatic nitrogens is 2. The lowest BCUT2D eigenvalue weighted by Gasteiger charge is -2.36. The van der Waals surface area contributed by atoms with E-state index in [1.165, 1.54) is 6.20 Å². The van der Waals surface area contributed by atoms with Crippen molar-refractivity contribution in [2.45, 2.75) is 25.2 Å². The maximum Gasteiger partial charge on any atom is 0.414 e. The normalized spacial score (nSPS) is 18.4. The highest BCUT2D eigenvalue weighted by Gasteiger charge is 2.28. The number of rotatable bonds is 10. The molecule has 11 nitrogen and oxygen atoms in total. The van der Waals surface area contributed by atoms with Crippen LogP contribution in [0.15, 0.2) is 54.7 Å². The Labute approximate surface area is 225 Å². The van der Waals surface area contributed by atoms with E-state index in [1.54, 1.807) is 28.8 Å². The summed E-state index contributed by atoms with van der Waals surface area (Å²) in [7, 11) is 0. The third kappa shape index (κ3) is 6.66. The van der Waals surface area contributed by atoms with Crippen molar-refractivity contribution in [1.29, 1.82) is 0 Å². The maximum absolute atomic E-state index is 10.9. The minimum Gasteiger partial charge on any atom is -0.491 e. The van der Waals surface area contributed by atoms with Crippen molar-refractivity contribution in [2.75, 3.05) is 50.8 Å². The summed E-state index contributed by atoms with van der Waals surface area (Å²) in [6.45, 7) is 5.15. The summed E-state index contributed by atoms with van der Waals surface area (Å²) < 4.78 is 19.0. The highest BCUT2D eigenvalue weighted by atomic mass is 35.5. The van der Waals surface area contributed by atoms with Crippen molar-refractivity contribution in [3.05, 3.63) is 69.9 Å². The van der Waals surface area contributed by atoms with E-state index in [1.807, 2.05) is 24.3 Å². The highest BCUT2D eigenvalue weighted by Crippen LogP contribution is 2.26. The van der Waals surface area contributed by atoms with Gasteiger partial charge in [0, 0.05) is 61.4 Å². The highest BCUT2D eigenvalue weighted by molar-refractivity contribution is 6.30. The number of piperazine rings is 1. The van der Waals surface area contributed by atoms with Crippen molar-refractivity contribution in [1.82, 2.24) is 14.5 Å². The molecule has 0 aliphatic carbocycles. The number of halogens is 1. The number of benzene rings is 2. The Balaban J connectivity index is 1.02. The Hall–Kier alpha value is -3.54. The molecule has 3 heterocycles. The molecule has 1 aromatic heterocycles. The van der Waals surface area contributed by atoms with E-state index >= 15 is 0 Å². The van der Waals surface area contributed by atoms with Crippen LogP contribution in [-0.4, -0.2) is 82.6 Å². The minimum atomic E-state index is -0.572. The van der Waals surface area contributed by atoms with Crippen molar-refractivity contribution in [2.24, 2.45) is 0 Å². The van der Waals surface area contributed by atoms with Gasteiger partial charge in [-0.15, -0.1) is 0 Å². The minimum absolute atomic E-state index is 0.211. The van der Waals surface area contributed by atoms with E-state index in [4.69, 9.17) is 25.8 Å². The Morgan fingerprint density at radius 2 is 1.74 bits per heavy atom. The standard InChI is InChI=1S/C26H30ClN5O6/c27-19-1-5-22(6-2-19)36-17-21(33)15-29-11-13-30(14-12-29)20-3-7-23(8-4-20)37-18-24-9-10-31-16-25(32(34)35)28-26(31)38-24/h1-8,16,21,24,33H,9-15,17-18H2. The molecule has 0 saturated carbocycles. The first-order valence-electron chi connectivity index (χ1n) is 12.6. The summed E-state index contributed by atoms with van der Waals surface area (Å²) in [4.78, 5) is 18.9. The predicted octanol–water partition coefficient (Wildman–Crippen LogP) is 3.24. The van der Waals surface area contributed by atoms with Gasteiger partial charge in [-0.2, -0.15) is 0 Å². The Morgan fingerprint density at radius 3 is 2.45 bits per heavy atom. The van der Waals surface area contributed by atoms with E-state index in [9.17, 15) is 15.2 Å². The van der Waals surface area contributed by atoms with Gasteiger partial charge in [0.05, 0.1) is 0 Å². The molecule has 0 bridgehead atoms. The van der Waals surface area contributed by atoms with Crippen LogP contribution in [0.25, 0.3) is 0 Å². The number of anilines is 1. The largest absolute Gasteiger partial charge is 0.491 e. The number of hydrogen-bond donors (Lipinski definition) is 1. The van der Waals surface area contributed by atoms with Gasteiger partial charge in [-0.3, -0.25) is 9.47 Å². The van der Waals surface area contributed by atoms with Gasteiger partial charge in [0.15, 0.2) is 0 Å². The van der Waals surface area contributed by atoms with Crippen LogP contribution in [0.3, 0.4) is 0 Å². The van der Waals surface area contributed by atoms with Crippen LogP contribution in [0.2, 0.25) is 5.02 Å². The molecule has 2 aliphatic heterocycles. The maximum atomic E-state index is 10.9. The fraction of sp³-hybridized carbons (Fsp3) is 0.423. The molecule has 2 aliphatic rings. The van der Waals surface area contributed by atoms with Crippen LogP contribution >= 0.6 is 11.6 Å².